The van der Waals surface area contributed by atoms with E-state index in [1.165, 1.54) is 6.07 Å². The standard InChI is InChI=1S/C31H32ClFN10O2/c32-23-13-18(15-34)14-24(33)26(23)40-30-39-25-16-36-29(41-28(25)43(30)22-10-8-19(9-11-22)27(35)44)37-21-7-4-12-42(17-21)31(45)38-20-5-2-1-3-6-20/h1-3,5-6,13-14,16,19,21-22H,4,7-12,17H2,(H2,35,44)(H,38,45)(H,39,40)(H,36,37,41)/t19-,21-,22+/m1/s1. The Morgan fingerprint density at radius 1 is 1.09 bits per heavy atom. The minimum Gasteiger partial charge on any atom is -0.369 e. The van der Waals surface area contributed by atoms with Crippen LogP contribution in [0.2, 0.25) is 5.02 Å². The van der Waals surface area contributed by atoms with Gasteiger partial charge in [-0.05, 0) is 62.8 Å². The van der Waals surface area contributed by atoms with E-state index in [-0.39, 0.29) is 46.2 Å². The number of rotatable bonds is 7. The maximum absolute atomic E-state index is 15.0. The smallest absolute Gasteiger partial charge is 0.321 e. The number of imidazole rings is 1. The van der Waals surface area contributed by atoms with Crippen LogP contribution in [-0.2, 0) is 4.79 Å². The van der Waals surface area contributed by atoms with Gasteiger partial charge in [0.05, 0.1) is 28.5 Å². The van der Waals surface area contributed by atoms with Crippen LogP contribution in [0.4, 0.5) is 32.5 Å². The number of amides is 3. The summed E-state index contributed by atoms with van der Waals surface area (Å²) < 4.78 is 16.9. The molecule has 1 aliphatic heterocycles. The van der Waals surface area contributed by atoms with Gasteiger partial charge in [0.15, 0.2) is 5.65 Å². The molecule has 1 aliphatic carbocycles. The summed E-state index contributed by atoms with van der Waals surface area (Å²) in [6.45, 7) is 1.11. The van der Waals surface area contributed by atoms with Gasteiger partial charge in [0.1, 0.15) is 11.3 Å². The number of nitrogens with one attached hydrogen (secondary N) is 3. The lowest BCUT2D eigenvalue weighted by Gasteiger charge is -2.33. The minimum absolute atomic E-state index is 0.0135. The molecule has 3 heterocycles. The second kappa shape index (κ2) is 13.0. The van der Waals surface area contributed by atoms with E-state index in [4.69, 9.17) is 22.3 Å². The average molecular weight is 631 g/mol. The van der Waals surface area contributed by atoms with Gasteiger partial charge < -0.3 is 26.6 Å². The minimum atomic E-state index is -0.693. The van der Waals surface area contributed by atoms with E-state index >= 15 is 4.39 Å². The second-order valence-electron chi connectivity index (χ2n) is 11.4. The quantitative estimate of drug-likeness (QED) is 0.206. The molecule has 1 atom stereocenters. The first-order valence-electron chi connectivity index (χ1n) is 14.9. The van der Waals surface area contributed by atoms with Gasteiger partial charge in [-0.1, -0.05) is 29.8 Å². The first-order valence-corrected chi connectivity index (χ1v) is 15.2. The molecule has 0 radical (unpaired) electrons. The lowest BCUT2D eigenvalue weighted by Crippen LogP contribution is -2.47. The van der Waals surface area contributed by atoms with Crippen LogP contribution in [0, 0.1) is 23.1 Å². The van der Waals surface area contributed by atoms with Gasteiger partial charge >= 0.3 is 6.03 Å². The first-order chi connectivity index (χ1) is 21.8. The number of halogens is 2. The van der Waals surface area contributed by atoms with Crippen molar-refractivity contribution in [3.05, 3.63) is 65.1 Å². The topological polar surface area (TPSA) is 167 Å². The molecule has 2 fully saturated rings. The lowest BCUT2D eigenvalue weighted by molar-refractivity contribution is -0.122. The fourth-order valence-electron chi connectivity index (χ4n) is 6.07. The van der Waals surface area contributed by atoms with E-state index in [2.05, 4.69) is 25.9 Å². The van der Waals surface area contributed by atoms with Crippen LogP contribution in [0.1, 0.15) is 50.1 Å². The van der Waals surface area contributed by atoms with Crippen LogP contribution >= 0.6 is 11.6 Å². The molecule has 0 unspecified atom stereocenters. The summed E-state index contributed by atoms with van der Waals surface area (Å²) in [6.07, 6.45) is 5.72. The van der Waals surface area contributed by atoms with Gasteiger partial charge in [-0.3, -0.25) is 9.36 Å². The molecule has 0 bridgehead atoms. The van der Waals surface area contributed by atoms with Gasteiger partial charge in [0, 0.05) is 36.8 Å². The van der Waals surface area contributed by atoms with Gasteiger partial charge in [0.2, 0.25) is 17.8 Å². The van der Waals surface area contributed by atoms with Crippen molar-refractivity contribution in [1.29, 1.82) is 5.26 Å². The van der Waals surface area contributed by atoms with Crippen LogP contribution in [0.25, 0.3) is 11.2 Å². The van der Waals surface area contributed by atoms with E-state index in [9.17, 15) is 14.9 Å². The summed E-state index contributed by atoms with van der Waals surface area (Å²) in [7, 11) is 0. The number of nitriles is 1. The molecule has 6 rings (SSSR count). The number of nitrogens with two attached hydrogens (primary N) is 1. The molecule has 12 nitrogen and oxygen atoms in total. The number of carbonyl (C=O) groups excluding carboxylic acids is 2. The lowest BCUT2D eigenvalue weighted by atomic mass is 9.85. The molecule has 5 N–H and O–H groups in total. The Hall–Kier alpha value is -4.96. The molecule has 2 aromatic carbocycles. The largest absolute Gasteiger partial charge is 0.369 e. The van der Waals surface area contributed by atoms with Gasteiger partial charge in [-0.25, -0.2) is 19.2 Å². The molecule has 45 heavy (non-hydrogen) atoms. The number of urea groups is 1. The van der Waals surface area contributed by atoms with E-state index in [0.29, 0.717) is 61.8 Å². The van der Waals surface area contributed by atoms with Crippen molar-refractivity contribution in [2.75, 3.05) is 29.0 Å². The summed E-state index contributed by atoms with van der Waals surface area (Å²) >= 11 is 6.35. The highest BCUT2D eigenvalue weighted by Crippen LogP contribution is 2.38. The van der Waals surface area contributed by atoms with E-state index in [1.54, 1.807) is 11.1 Å². The van der Waals surface area contributed by atoms with Crippen molar-refractivity contribution in [1.82, 2.24) is 24.4 Å². The molecule has 14 heteroatoms. The molecule has 2 aromatic heterocycles. The van der Waals surface area contributed by atoms with Crippen LogP contribution in [0.3, 0.4) is 0 Å². The zero-order valence-corrected chi connectivity index (χ0v) is 25.1. The molecular formula is C31H32ClFN10O2. The van der Waals surface area contributed by atoms with Crippen molar-refractivity contribution in [2.45, 2.75) is 50.6 Å². The third-order valence-electron chi connectivity index (χ3n) is 8.37. The van der Waals surface area contributed by atoms with Crippen molar-refractivity contribution >= 4 is 58.0 Å². The van der Waals surface area contributed by atoms with Crippen LogP contribution in [-0.4, -0.2) is 55.5 Å². The summed E-state index contributed by atoms with van der Waals surface area (Å²) in [5, 5.41) is 18.6. The van der Waals surface area contributed by atoms with Gasteiger partial charge in [0.25, 0.3) is 0 Å². The number of para-hydroxylation sites is 1. The molecule has 0 spiro atoms. The summed E-state index contributed by atoms with van der Waals surface area (Å²) in [4.78, 5) is 40.5. The molecule has 2 aliphatic rings. The molecule has 1 saturated carbocycles. The number of fused-ring (bicyclic) bond motifs is 1. The Morgan fingerprint density at radius 3 is 2.58 bits per heavy atom. The van der Waals surface area contributed by atoms with E-state index in [0.717, 1.165) is 24.6 Å². The highest BCUT2D eigenvalue weighted by Gasteiger charge is 2.30. The number of anilines is 4. The Bertz CT molecular complexity index is 1740. The summed E-state index contributed by atoms with van der Waals surface area (Å²) in [5.41, 5.74) is 7.41. The molecular weight excluding hydrogens is 599 g/mol. The van der Waals surface area contributed by atoms with Crippen LogP contribution in [0.15, 0.2) is 48.7 Å². The molecule has 232 valence electrons. The Kier molecular flexibility index (Phi) is 8.66. The number of likely N-dealkylation sites (tertiary alicyclic amines) is 1. The number of primary amides is 1. The second-order valence-corrected chi connectivity index (χ2v) is 11.8. The third kappa shape index (κ3) is 6.61. The highest BCUT2D eigenvalue weighted by atomic mass is 35.5. The van der Waals surface area contributed by atoms with Gasteiger partial charge in [-0.2, -0.15) is 10.2 Å². The normalized spacial score (nSPS) is 19.9. The molecule has 4 aromatic rings. The fourth-order valence-corrected chi connectivity index (χ4v) is 6.32. The maximum atomic E-state index is 15.0. The predicted octanol–water partition coefficient (Wildman–Crippen LogP) is 5.56. The monoisotopic (exact) mass is 630 g/mol. The number of aromatic nitrogens is 4. The average Bonchev–Trinajstić information content (AvgIpc) is 3.40. The predicted molar refractivity (Wildman–Crippen MR) is 169 cm³/mol. The van der Waals surface area contributed by atoms with Crippen molar-refractivity contribution in [3.63, 3.8) is 0 Å². The van der Waals surface area contributed by atoms with Gasteiger partial charge in [-0.15, -0.1) is 0 Å². The Labute approximate surface area is 263 Å². The Balaban J connectivity index is 1.27. The van der Waals surface area contributed by atoms with Crippen molar-refractivity contribution < 1.29 is 14.0 Å². The highest BCUT2D eigenvalue weighted by molar-refractivity contribution is 6.33. The SMILES string of the molecule is N#Cc1cc(F)c(Nc2nc3cnc(N[C@@H]4CCCN(C(=O)Nc5ccccc5)C4)nc3n2[C@H]2CC[C@@H](C(N)=O)CC2)c(Cl)c1. The zero-order chi connectivity index (χ0) is 31.5. The number of carbonyl (C=O) groups is 2. The number of hydrogen-bond acceptors (Lipinski definition) is 8. The summed E-state index contributed by atoms with van der Waals surface area (Å²) in [5.74, 6) is -0.536. The Morgan fingerprint density at radius 2 is 1.87 bits per heavy atom. The van der Waals surface area contributed by atoms with E-state index < -0.39 is 5.82 Å². The number of hydrogen-bond donors (Lipinski definition) is 4. The van der Waals surface area contributed by atoms with Crippen LogP contribution < -0.4 is 21.7 Å². The fraction of sp³-hybridized carbons (Fsp3) is 0.355. The molecule has 1 saturated heterocycles. The van der Waals surface area contributed by atoms with Crippen molar-refractivity contribution in [2.24, 2.45) is 11.7 Å². The van der Waals surface area contributed by atoms with E-state index in [1.807, 2.05) is 41.0 Å². The summed E-state index contributed by atoms with van der Waals surface area (Å²) in [6, 6.07) is 13.3. The zero-order valence-electron chi connectivity index (χ0n) is 24.3. The molecule has 3 amide bonds. The first kappa shape index (κ1) is 30.1. The maximum Gasteiger partial charge on any atom is 0.321 e. The number of piperidine rings is 1. The number of nitrogens with zero attached hydrogens (tertiary/aromatic N) is 6. The number of benzene rings is 2. The third-order valence-corrected chi connectivity index (χ3v) is 8.67. The van der Waals surface area contributed by atoms with Crippen LogP contribution in [0.5, 0.6) is 0 Å². The van der Waals surface area contributed by atoms with Crippen molar-refractivity contribution in [3.8, 4) is 6.07 Å².